The molecule has 1 aromatic carbocycles. The monoisotopic (exact) mass is 275 g/mol. The molecule has 5 heteroatoms. The smallest absolute Gasteiger partial charge is 0.255 e. The number of benzene rings is 1. The van der Waals surface area contributed by atoms with E-state index in [0.717, 1.165) is 0 Å². The van der Waals surface area contributed by atoms with E-state index in [9.17, 15) is 15.0 Å². The molecule has 1 fully saturated rings. The second-order valence-electron chi connectivity index (χ2n) is 4.67. The van der Waals surface area contributed by atoms with E-state index in [4.69, 9.17) is 5.11 Å². The molecule has 2 atom stereocenters. The third kappa shape index (κ3) is 3.17. The number of hydrogen-bond donors (Lipinski definition) is 3. The fourth-order valence-corrected chi connectivity index (χ4v) is 2.10. The van der Waals surface area contributed by atoms with Gasteiger partial charge in [0.05, 0.1) is 24.4 Å². The van der Waals surface area contributed by atoms with Crippen molar-refractivity contribution in [3.8, 4) is 11.8 Å². The summed E-state index contributed by atoms with van der Waals surface area (Å²) >= 11 is 0. The Balaban J connectivity index is 2.21. The number of carbonyl (C=O) groups is 1. The van der Waals surface area contributed by atoms with E-state index in [1.165, 1.54) is 4.90 Å². The van der Waals surface area contributed by atoms with Gasteiger partial charge in [-0.15, -0.1) is 0 Å². The van der Waals surface area contributed by atoms with Gasteiger partial charge in [-0.3, -0.25) is 4.79 Å². The van der Waals surface area contributed by atoms with Crippen molar-refractivity contribution >= 4 is 5.91 Å². The SMILES string of the molecule is O=C(c1ccccc1C#CCCO)N1CC(O)C(O)C1. The van der Waals surface area contributed by atoms with Crippen LogP contribution in [0.3, 0.4) is 0 Å². The lowest BCUT2D eigenvalue weighted by atomic mass is 10.1. The van der Waals surface area contributed by atoms with Crippen molar-refractivity contribution in [2.75, 3.05) is 19.7 Å². The molecule has 1 aliphatic rings. The van der Waals surface area contributed by atoms with Crippen LogP contribution in [0.4, 0.5) is 0 Å². The highest BCUT2D eigenvalue weighted by Gasteiger charge is 2.33. The lowest BCUT2D eigenvalue weighted by Crippen LogP contribution is -2.30. The molecular weight excluding hydrogens is 258 g/mol. The number of nitrogens with zero attached hydrogens (tertiary/aromatic N) is 1. The number of aliphatic hydroxyl groups excluding tert-OH is 3. The second kappa shape index (κ2) is 6.53. The largest absolute Gasteiger partial charge is 0.395 e. The maximum Gasteiger partial charge on any atom is 0.255 e. The number of hydrogen-bond acceptors (Lipinski definition) is 4. The molecule has 0 radical (unpaired) electrons. The molecule has 1 aromatic rings. The number of carbonyl (C=O) groups excluding carboxylic acids is 1. The van der Waals surface area contributed by atoms with Crippen LogP contribution in [0.2, 0.25) is 0 Å². The first kappa shape index (κ1) is 14.5. The van der Waals surface area contributed by atoms with Crippen LogP contribution in [-0.4, -0.2) is 58.0 Å². The molecule has 20 heavy (non-hydrogen) atoms. The summed E-state index contributed by atoms with van der Waals surface area (Å²) in [4.78, 5) is 13.8. The second-order valence-corrected chi connectivity index (χ2v) is 4.67. The van der Waals surface area contributed by atoms with Crippen LogP contribution in [0.25, 0.3) is 0 Å². The van der Waals surface area contributed by atoms with E-state index in [1.54, 1.807) is 24.3 Å². The standard InChI is InChI=1S/C15H17NO4/c17-8-4-3-6-11-5-1-2-7-12(11)15(20)16-9-13(18)14(19)10-16/h1-2,5,7,13-14,17-19H,4,8-10H2. The molecule has 0 saturated carbocycles. The molecule has 0 spiro atoms. The number of likely N-dealkylation sites (tertiary alicyclic amines) is 1. The summed E-state index contributed by atoms with van der Waals surface area (Å²) in [7, 11) is 0. The highest BCUT2D eigenvalue weighted by atomic mass is 16.3. The molecule has 2 unspecified atom stereocenters. The van der Waals surface area contributed by atoms with E-state index in [0.29, 0.717) is 17.5 Å². The predicted molar refractivity (Wildman–Crippen MR) is 72.9 cm³/mol. The van der Waals surface area contributed by atoms with Gasteiger partial charge in [-0.05, 0) is 12.1 Å². The van der Waals surface area contributed by atoms with Crippen LogP contribution in [0.5, 0.6) is 0 Å². The Kier molecular flexibility index (Phi) is 4.74. The summed E-state index contributed by atoms with van der Waals surface area (Å²) < 4.78 is 0. The third-order valence-electron chi connectivity index (χ3n) is 3.16. The third-order valence-corrected chi connectivity index (χ3v) is 3.16. The van der Waals surface area contributed by atoms with Gasteiger partial charge in [0.15, 0.2) is 0 Å². The normalized spacial score (nSPS) is 21.4. The average molecular weight is 275 g/mol. The first-order valence-electron chi connectivity index (χ1n) is 6.47. The minimum Gasteiger partial charge on any atom is -0.395 e. The predicted octanol–water partition coefficient (Wildman–Crippen LogP) is -0.402. The highest BCUT2D eigenvalue weighted by Crippen LogP contribution is 2.16. The zero-order valence-corrected chi connectivity index (χ0v) is 11.0. The zero-order chi connectivity index (χ0) is 14.5. The number of rotatable bonds is 2. The van der Waals surface area contributed by atoms with Crippen LogP contribution in [0.1, 0.15) is 22.3 Å². The van der Waals surface area contributed by atoms with Gasteiger partial charge < -0.3 is 20.2 Å². The van der Waals surface area contributed by atoms with E-state index >= 15 is 0 Å². The Hall–Kier alpha value is -1.87. The summed E-state index contributed by atoms with van der Waals surface area (Å²) in [6.07, 6.45) is -1.44. The van der Waals surface area contributed by atoms with Gasteiger partial charge in [-0.2, -0.15) is 0 Å². The Morgan fingerprint density at radius 2 is 1.90 bits per heavy atom. The molecular formula is C15H17NO4. The fraction of sp³-hybridized carbons (Fsp3) is 0.400. The van der Waals surface area contributed by atoms with Gasteiger partial charge in [0.25, 0.3) is 5.91 Å². The summed E-state index contributed by atoms with van der Waals surface area (Å²) in [5, 5.41) is 27.7. The van der Waals surface area contributed by atoms with Gasteiger partial charge in [-0.25, -0.2) is 0 Å². The lowest BCUT2D eigenvalue weighted by Gasteiger charge is -2.16. The first-order chi connectivity index (χ1) is 9.63. The summed E-state index contributed by atoms with van der Waals surface area (Å²) in [6, 6.07) is 6.93. The van der Waals surface area contributed by atoms with Gasteiger partial charge in [0, 0.05) is 25.1 Å². The van der Waals surface area contributed by atoms with Gasteiger partial charge in [0.1, 0.15) is 0 Å². The van der Waals surface area contributed by atoms with Gasteiger partial charge >= 0.3 is 0 Å². The molecule has 0 bridgehead atoms. The molecule has 1 aliphatic heterocycles. The molecule has 1 saturated heterocycles. The first-order valence-corrected chi connectivity index (χ1v) is 6.47. The maximum absolute atomic E-state index is 12.4. The van der Waals surface area contributed by atoms with Crippen molar-refractivity contribution in [2.45, 2.75) is 18.6 Å². The summed E-state index contributed by atoms with van der Waals surface area (Å²) in [5.74, 6) is 5.39. The number of β-amino-alcohol motifs (C(OH)–C–C–N with tert-alkyl or cyclic N) is 2. The minimum atomic E-state index is -0.897. The Morgan fingerprint density at radius 1 is 1.25 bits per heavy atom. The van der Waals surface area contributed by atoms with Crippen LogP contribution >= 0.6 is 0 Å². The summed E-state index contributed by atoms with van der Waals surface area (Å²) in [6.45, 7) is 0.227. The fourth-order valence-electron chi connectivity index (χ4n) is 2.10. The van der Waals surface area contributed by atoms with Crippen molar-refractivity contribution < 1.29 is 20.1 Å². The van der Waals surface area contributed by atoms with Crippen LogP contribution in [0, 0.1) is 11.8 Å². The van der Waals surface area contributed by atoms with Gasteiger partial charge in [-0.1, -0.05) is 24.0 Å². The van der Waals surface area contributed by atoms with Crippen LogP contribution in [-0.2, 0) is 0 Å². The number of aliphatic hydroxyl groups is 3. The molecule has 0 aromatic heterocycles. The Morgan fingerprint density at radius 3 is 2.55 bits per heavy atom. The van der Waals surface area contributed by atoms with Crippen molar-refractivity contribution in [3.05, 3.63) is 35.4 Å². The average Bonchev–Trinajstić information content (AvgIpc) is 2.79. The van der Waals surface area contributed by atoms with E-state index in [1.807, 2.05) is 0 Å². The van der Waals surface area contributed by atoms with Gasteiger partial charge in [0.2, 0.25) is 0 Å². The topological polar surface area (TPSA) is 81.0 Å². The van der Waals surface area contributed by atoms with Crippen LogP contribution in [0.15, 0.2) is 24.3 Å². The minimum absolute atomic E-state index is 0.0202. The zero-order valence-electron chi connectivity index (χ0n) is 11.0. The molecule has 5 nitrogen and oxygen atoms in total. The van der Waals surface area contributed by atoms with Crippen LogP contribution < -0.4 is 0 Å². The van der Waals surface area contributed by atoms with E-state index in [-0.39, 0.29) is 25.6 Å². The van der Waals surface area contributed by atoms with E-state index < -0.39 is 12.2 Å². The molecule has 1 heterocycles. The van der Waals surface area contributed by atoms with Crippen molar-refractivity contribution in [3.63, 3.8) is 0 Å². The molecule has 3 N–H and O–H groups in total. The summed E-state index contributed by atoms with van der Waals surface area (Å²) in [5.41, 5.74) is 1.03. The maximum atomic E-state index is 12.4. The molecule has 2 rings (SSSR count). The Labute approximate surface area is 117 Å². The lowest BCUT2D eigenvalue weighted by molar-refractivity contribution is 0.0572. The van der Waals surface area contributed by atoms with Crippen molar-refractivity contribution in [1.29, 1.82) is 0 Å². The number of amides is 1. The highest BCUT2D eigenvalue weighted by molar-refractivity contribution is 5.97. The van der Waals surface area contributed by atoms with Crippen molar-refractivity contribution in [2.24, 2.45) is 0 Å². The van der Waals surface area contributed by atoms with Crippen molar-refractivity contribution in [1.82, 2.24) is 4.90 Å². The molecule has 0 aliphatic carbocycles. The Bertz CT molecular complexity index is 536. The van der Waals surface area contributed by atoms with E-state index in [2.05, 4.69) is 11.8 Å². The molecule has 106 valence electrons. The quantitative estimate of drug-likeness (QED) is 0.641. The molecule has 1 amide bonds.